The van der Waals surface area contributed by atoms with Gasteiger partial charge in [0.25, 0.3) is 0 Å². The molecule has 0 amide bonds. The standard InChI is InChI=1S/C24H30O8/c1-27-10-12-29-14-16-31-23(25)22(24(26)32-17-15-30-13-11-28-2)18-20-8-5-7-19-6-3-4-9-21(19)20/h3-9,18H,10-17H2,1-2H3. The highest BCUT2D eigenvalue weighted by atomic mass is 16.6. The normalized spacial score (nSPS) is 10.7. The van der Waals surface area contributed by atoms with Crippen molar-refractivity contribution in [3.05, 3.63) is 53.6 Å². The minimum atomic E-state index is -0.779. The molecule has 2 aromatic rings. The van der Waals surface area contributed by atoms with Gasteiger partial charge in [-0.15, -0.1) is 0 Å². The fourth-order valence-electron chi connectivity index (χ4n) is 2.76. The molecule has 0 saturated carbocycles. The molecule has 0 unspecified atom stereocenters. The molecule has 174 valence electrons. The third-order valence-corrected chi connectivity index (χ3v) is 4.35. The molecule has 2 aromatic carbocycles. The van der Waals surface area contributed by atoms with Gasteiger partial charge in [0.2, 0.25) is 0 Å². The van der Waals surface area contributed by atoms with E-state index in [9.17, 15) is 9.59 Å². The van der Waals surface area contributed by atoms with Gasteiger partial charge in [-0.05, 0) is 22.4 Å². The van der Waals surface area contributed by atoms with E-state index in [2.05, 4.69) is 0 Å². The zero-order chi connectivity index (χ0) is 23.0. The third-order valence-electron chi connectivity index (χ3n) is 4.35. The van der Waals surface area contributed by atoms with Gasteiger partial charge in [0, 0.05) is 14.2 Å². The van der Waals surface area contributed by atoms with Crippen molar-refractivity contribution in [1.82, 2.24) is 0 Å². The molecule has 2 rings (SSSR count). The Morgan fingerprint density at radius 3 is 1.81 bits per heavy atom. The SMILES string of the molecule is COCCOCCOC(=O)C(=Cc1cccc2ccccc12)C(=O)OCCOCCOC. The first-order valence-corrected chi connectivity index (χ1v) is 10.3. The van der Waals surface area contributed by atoms with Crippen LogP contribution in [0.15, 0.2) is 48.0 Å². The summed E-state index contributed by atoms with van der Waals surface area (Å²) in [5.74, 6) is -1.56. The van der Waals surface area contributed by atoms with Crippen molar-refractivity contribution in [2.75, 3.05) is 67.1 Å². The molecule has 8 nitrogen and oxygen atoms in total. The highest BCUT2D eigenvalue weighted by Crippen LogP contribution is 2.21. The number of hydrogen-bond donors (Lipinski definition) is 0. The van der Waals surface area contributed by atoms with E-state index in [1.54, 1.807) is 14.2 Å². The average Bonchev–Trinajstić information content (AvgIpc) is 2.81. The van der Waals surface area contributed by atoms with Gasteiger partial charge in [0.05, 0.1) is 39.6 Å². The Kier molecular flexibility index (Phi) is 12.0. The van der Waals surface area contributed by atoms with E-state index in [1.807, 2.05) is 42.5 Å². The van der Waals surface area contributed by atoms with Gasteiger partial charge in [-0.3, -0.25) is 0 Å². The first-order chi connectivity index (χ1) is 15.7. The summed E-state index contributed by atoms with van der Waals surface area (Å²) >= 11 is 0. The number of ether oxygens (including phenoxy) is 6. The second-order valence-electron chi connectivity index (χ2n) is 6.61. The van der Waals surface area contributed by atoms with Gasteiger partial charge >= 0.3 is 11.9 Å². The van der Waals surface area contributed by atoms with Crippen LogP contribution in [0.25, 0.3) is 16.8 Å². The van der Waals surface area contributed by atoms with Gasteiger partial charge < -0.3 is 28.4 Å². The molecular formula is C24H30O8. The molecule has 0 aliphatic rings. The van der Waals surface area contributed by atoms with Crippen LogP contribution in [0.2, 0.25) is 0 Å². The molecule has 0 atom stereocenters. The fourth-order valence-corrected chi connectivity index (χ4v) is 2.76. The predicted molar refractivity (Wildman–Crippen MR) is 119 cm³/mol. The minimum absolute atomic E-state index is 0.00281. The first-order valence-electron chi connectivity index (χ1n) is 10.3. The average molecular weight is 446 g/mol. The van der Waals surface area contributed by atoms with E-state index >= 15 is 0 Å². The lowest BCUT2D eigenvalue weighted by Gasteiger charge is -2.11. The van der Waals surface area contributed by atoms with Crippen molar-refractivity contribution in [2.24, 2.45) is 0 Å². The molecule has 0 radical (unpaired) electrons. The van der Waals surface area contributed by atoms with E-state index < -0.39 is 11.9 Å². The summed E-state index contributed by atoms with van der Waals surface area (Å²) in [7, 11) is 3.14. The largest absolute Gasteiger partial charge is 0.459 e. The number of rotatable bonds is 15. The van der Waals surface area contributed by atoms with Gasteiger partial charge in [-0.2, -0.15) is 0 Å². The molecule has 0 saturated heterocycles. The van der Waals surface area contributed by atoms with Gasteiger partial charge in [0.15, 0.2) is 0 Å². The molecular weight excluding hydrogens is 416 g/mol. The highest BCUT2D eigenvalue weighted by molar-refractivity contribution is 6.18. The topological polar surface area (TPSA) is 89.5 Å². The lowest BCUT2D eigenvalue weighted by molar-refractivity contribution is -0.148. The van der Waals surface area contributed by atoms with Crippen molar-refractivity contribution in [3.8, 4) is 0 Å². The molecule has 0 spiro atoms. The Bertz CT molecular complexity index is 842. The number of fused-ring (bicyclic) bond motifs is 1. The number of esters is 2. The fraction of sp³-hybridized carbons (Fsp3) is 0.417. The Hall–Kier alpha value is -2.78. The van der Waals surface area contributed by atoms with Gasteiger partial charge in [-0.1, -0.05) is 42.5 Å². The number of hydrogen-bond acceptors (Lipinski definition) is 8. The zero-order valence-electron chi connectivity index (χ0n) is 18.5. The lowest BCUT2D eigenvalue weighted by Crippen LogP contribution is -2.22. The first kappa shape index (κ1) is 25.5. The van der Waals surface area contributed by atoms with Crippen LogP contribution in [0.1, 0.15) is 5.56 Å². The van der Waals surface area contributed by atoms with Crippen LogP contribution in [-0.2, 0) is 38.0 Å². The maximum Gasteiger partial charge on any atom is 0.345 e. The van der Waals surface area contributed by atoms with E-state index in [1.165, 1.54) is 6.08 Å². The number of benzene rings is 2. The Morgan fingerprint density at radius 1 is 0.688 bits per heavy atom. The van der Waals surface area contributed by atoms with E-state index in [0.29, 0.717) is 32.0 Å². The summed E-state index contributed by atoms with van der Waals surface area (Å²) < 4.78 is 30.8. The molecule has 0 heterocycles. The second kappa shape index (κ2) is 15.1. The molecule has 0 N–H and O–H groups in total. The monoisotopic (exact) mass is 446 g/mol. The van der Waals surface area contributed by atoms with Crippen LogP contribution >= 0.6 is 0 Å². The smallest absolute Gasteiger partial charge is 0.345 e. The third kappa shape index (κ3) is 8.76. The summed E-state index contributed by atoms with van der Waals surface area (Å²) in [4.78, 5) is 25.3. The van der Waals surface area contributed by atoms with E-state index in [4.69, 9.17) is 28.4 Å². The molecule has 8 heteroatoms. The predicted octanol–water partition coefficient (Wildman–Crippen LogP) is 2.64. The number of carbonyl (C=O) groups excluding carboxylic acids is 2. The zero-order valence-corrected chi connectivity index (χ0v) is 18.5. The van der Waals surface area contributed by atoms with Crippen molar-refractivity contribution >= 4 is 28.8 Å². The molecule has 0 aliphatic carbocycles. The van der Waals surface area contributed by atoms with Crippen molar-refractivity contribution in [1.29, 1.82) is 0 Å². The molecule has 0 aromatic heterocycles. The minimum Gasteiger partial charge on any atom is -0.459 e. The summed E-state index contributed by atoms with van der Waals surface area (Å²) in [5, 5.41) is 1.89. The Labute approximate surface area is 188 Å². The number of carbonyl (C=O) groups is 2. The van der Waals surface area contributed by atoms with Gasteiger partial charge in [-0.25, -0.2) is 9.59 Å². The van der Waals surface area contributed by atoms with Gasteiger partial charge in [0.1, 0.15) is 18.8 Å². The van der Waals surface area contributed by atoms with Crippen molar-refractivity contribution < 1.29 is 38.0 Å². The lowest BCUT2D eigenvalue weighted by atomic mass is 10.0. The van der Waals surface area contributed by atoms with Crippen LogP contribution in [0.3, 0.4) is 0 Å². The van der Waals surface area contributed by atoms with Crippen LogP contribution in [0.4, 0.5) is 0 Å². The summed E-state index contributed by atoms with van der Waals surface area (Å²) in [6, 6.07) is 13.3. The van der Waals surface area contributed by atoms with E-state index in [-0.39, 0.29) is 32.0 Å². The van der Waals surface area contributed by atoms with E-state index in [0.717, 1.165) is 10.8 Å². The molecule has 0 aliphatic heterocycles. The van der Waals surface area contributed by atoms with Crippen molar-refractivity contribution in [3.63, 3.8) is 0 Å². The Morgan fingerprint density at radius 2 is 1.22 bits per heavy atom. The van der Waals surface area contributed by atoms with Crippen LogP contribution in [0, 0.1) is 0 Å². The molecule has 0 bridgehead atoms. The quantitative estimate of drug-likeness (QED) is 0.136. The maximum atomic E-state index is 12.7. The Balaban J connectivity index is 2.08. The highest BCUT2D eigenvalue weighted by Gasteiger charge is 2.22. The van der Waals surface area contributed by atoms with Crippen LogP contribution in [0.5, 0.6) is 0 Å². The maximum absolute atomic E-state index is 12.7. The second-order valence-corrected chi connectivity index (χ2v) is 6.61. The molecule has 32 heavy (non-hydrogen) atoms. The molecule has 0 fully saturated rings. The summed E-state index contributed by atoms with van der Waals surface area (Å²) in [6.07, 6.45) is 1.49. The van der Waals surface area contributed by atoms with Crippen LogP contribution in [-0.4, -0.2) is 79.0 Å². The summed E-state index contributed by atoms with van der Waals surface area (Å²) in [6.45, 7) is 2.05. The summed E-state index contributed by atoms with van der Waals surface area (Å²) in [5.41, 5.74) is 0.509. The number of methoxy groups -OCH3 is 2. The van der Waals surface area contributed by atoms with Crippen molar-refractivity contribution in [2.45, 2.75) is 0 Å². The van der Waals surface area contributed by atoms with Crippen LogP contribution < -0.4 is 0 Å².